The summed E-state index contributed by atoms with van der Waals surface area (Å²) >= 11 is 2.35. The molecule has 43 heavy (non-hydrogen) atoms. The number of hydrogen-bond acceptors (Lipinski definition) is 9. The highest BCUT2D eigenvalue weighted by Gasteiger charge is 2.62. The highest BCUT2D eigenvalue weighted by Crippen LogP contribution is 2.58. The Bertz CT molecular complexity index is 1800. The van der Waals surface area contributed by atoms with Gasteiger partial charge in [0.05, 0.1) is 11.1 Å². The van der Waals surface area contributed by atoms with Gasteiger partial charge >= 0.3 is 6.18 Å². The van der Waals surface area contributed by atoms with E-state index in [1.54, 1.807) is 42.3 Å². The fraction of sp³-hybridized carbons (Fsp3) is 0.300. The van der Waals surface area contributed by atoms with E-state index < -0.39 is 28.5 Å². The number of halogens is 3. The van der Waals surface area contributed by atoms with Gasteiger partial charge in [0.1, 0.15) is 17.3 Å². The molecule has 6 rings (SSSR count). The third-order valence-electron chi connectivity index (χ3n) is 7.98. The van der Waals surface area contributed by atoms with Crippen LogP contribution < -0.4 is 15.5 Å². The molecule has 3 aliphatic rings. The molecule has 0 saturated heterocycles. The molecular weight excluding hydrogens is 597 g/mol. The molecule has 1 spiro atoms. The van der Waals surface area contributed by atoms with Gasteiger partial charge in [0, 0.05) is 41.7 Å². The number of carbonyl (C=O) groups is 2. The molecule has 1 aliphatic carbocycles. The second kappa shape index (κ2) is 9.96. The fourth-order valence-electron chi connectivity index (χ4n) is 6.21. The number of anilines is 2. The van der Waals surface area contributed by atoms with E-state index in [4.69, 9.17) is 5.73 Å². The number of carbonyl (C=O) groups excluding carboxylic acids is 2. The highest BCUT2D eigenvalue weighted by atomic mass is 32.2. The summed E-state index contributed by atoms with van der Waals surface area (Å²) in [7, 11) is 1.61. The SMILES string of the molecule is CN1C(=O)C2(C(C#N)=C(N)N(c3nnc(SCc4cccc(C(F)(F)F)c4)s3)C3=C2C(=O)CC(C)(C)C3)c2ccccc21. The topological polar surface area (TPSA) is 116 Å². The molecule has 1 aromatic heterocycles. The van der Waals surface area contributed by atoms with Crippen LogP contribution in [0.3, 0.4) is 0 Å². The van der Waals surface area contributed by atoms with E-state index in [-0.39, 0.29) is 40.1 Å². The number of fused-ring (bicyclic) bond motifs is 3. The average Bonchev–Trinajstić information content (AvgIpc) is 3.49. The number of nitrogens with two attached hydrogens (primary N) is 1. The second-order valence-corrected chi connectivity index (χ2v) is 13.6. The molecule has 3 heterocycles. The number of amides is 1. The summed E-state index contributed by atoms with van der Waals surface area (Å²) in [6.45, 7) is 3.90. The number of para-hydroxylation sites is 1. The molecule has 1 atom stereocenters. The number of alkyl halides is 3. The van der Waals surface area contributed by atoms with Gasteiger partial charge in [-0.1, -0.05) is 73.3 Å². The molecule has 1 unspecified atom stereocenters. The minimum absolute atomic E-state index is 0.0178. The molecule has 0 saturated carbocycles. The molecule has 2 aromatic carbocycles. The first-order valence-corrected chi connectivity index (χ1v) is 15.1. The molecule has 1 amide bonds. The molecular formula is C30H25F3N6O2S2. The van der Waals surface area contributed by atoms with Crippen molar-refractivity contribution in [2.24, 2.45) is 11.1 Å². The summed E-state index contributed by atoms with van der Waals surface area (Å²) in [6, 6.07) is 14.3. The van der Waals surface area contributed by atoms with Crippen LogP contribution in [-0.2, 0) is 26.9 Å². The van der Waals surface area contributed by atoms with E-state index in [0.29, 0.717) is 33.3 Å². The van der Waals surface area contributed by atoms with E-state index >= 15 is 0 Å². The second-order valence-electron chi connectivity index (χ2n) is 11.4. The summed E-state index contributed by atoms with van der Waals surface area (Å²) in [5.41, 5.74) is 6.09. The third kappa shape index (κ3) is 4.42. The van der Waals surface area contributed by atoms with Crippen molar-refractivity contribution < 1.29 is 22.8 Å². The van der Waals surface area contributed by atoms with Gasteiger partial charge in [-0.2, -0.15) is 18.4 Å². The van der Waals surface area contributed by atoms with Gasteiger partial charge in [0.25, 0.3) is 0 Å². The van der Waals surface area contributed by atoms with Gasteiger partial charge in [0.15, 0.2) is 10.1 Å². The predicted molar refractivity (Wildman–Crippen MR) is 157 cm³/mol. The van der Waals surface area contributed by atoms with E-state index in [0.717, 1.165) is 23.5 Å². The monoisotopic (exact) mass is 622 g/mol. The van der Waals surface area contributed by atoms with Crippen LogP contribution in [0.1, 0.15) is 43.4 Å². The molecule has 13 heteroatoms. The van der Waals surface area contributed by atoms with Crippen LogP contribution in [-0.4, -0.2) is 28.9 Å². The molecule has 2 N–H and O–H groups in total. The van der Waals surface area contributed by atoms with Gasteiger partial charge in [-0.15, -0.1) is 10.2 Å². The largest absolute Gasteiger partial charge is 0.416 e. The van der Waals surface area contributed by atoms with Gasteiger partial charge < -0.3 is 10.6 Å². The molecule has 0 bridgehead atoms. The van der Waals surface area contributed by atoms with Crippen molar-refractivity contribution in [1.82, 2.24) is 10.2 Å². The van der Waals surface area contributed by atoms with Crippen LogP contribution in [0.2, 0.25) is 0 Å². The predicted octanol–water partition coefficient (Wildman–Crippen LogP) is 5.92. The van der Waals surface area contributed by atoms with Crippen LogP contribution in [0.4, 0.5) is 24.0 Å². The molecule has 8 nitrogen and oxygen atoms in total. The van der Waals surface area contributed by atoms with Gasteiger partial charge in [-0.3, -0.25) is 14.5 Å². The maximum absolute atomic E-state index is 14.1. The summed E-state index contributed by atoms with van der Waals surface area (Å²) in [5.74, 6) is -0.481. The number of thioether (sulfide) groups is 1. The molecule has 0 fully saturated rings. The standard InChI is InChI=1S/C30H25F3N6O2S2/c1-28(2)12-21-23(22(40)13-28)29(18-9-4-5-10-20(18)38(3)25(29)41)19(14-34)24(35)39(21)26-36-37-27(43-26)42-15-16-7-6-8-17(11-16)30(31,32)33/h4-11H,12-13,15,35H2,1-3H3. The number of hydrogen-bond donors (Lipinski definition) is 1. The van der Waals surface area contributed by atoms with Crippen LogP contribution in [0.5, 0.6) is 0 Å². The minimum atomic E-state index is -4.45. The first-order valence-electron chi connectivity index (χ1n) is 13.3. The van der Waals surface area contributed by atoms with E-state index in [1.807, 2.05) is 13.8 Å². The molecule has 3 aromatic rings. The Morgan fingerprint density at radius 3 is 2.58 bits per heavy atom. The van der Waals surface area contributed by atoms with Crippen molar-refractivity contribution in [1.29, 1.82) is 5.26 Å². The zero-order valence-electron chi connectivity index (χ0n) is 23.3. The number of aromatic nitrogens is 2. The quantitative estimate of drug-likeness (QED) is 0.357. The summed E-state index contributed by atoms with van der Waals surface area (Å²) in [4.78, 5) is 31.2. The van der Waals surface area contributed by atoms with Crippen LogP contribution in [0.15, 0.2) is 75.5 Å². The van der Waals surface area contributed by atoms with Crippen molar-refractivity contribution in [3.8, 4) is 6.07 Å². The van der Waals surface area contributed by atoms with Crippen LogP contribution in [0.25, 0.3) is 0 Å². The lowest BCUT2D eigenvalue weighted by Gasteiger charge is -2.45. The Hall–Kier alpha value is -4.15. The van der Waals surface area contributed by atoms with Crippen molar-refractivity contribution in [3.05, 3.63) is 87.9 Å². The fourth-order valence-corrected chi connectivity index (χ4v) is 8.04. The Balaban J connectivity index is 1.45. The number of Topliss-reactive ketones (excluding diaryl/α,β-unsaturated/α-hetero) is 1. The van der Waals surface area contributed by atoms with Gasteiger partial charge in [0.2, 0.25) is 11.0 Å². The normalized spacial score (nSPS) is 21.4. The smallest absolute Gasteiger partial charge is 0.384 e. The lowest BCUT2D eigenvalue weighted by Crippen LogP contribution is -2.53. The molecule has 220 valence electrons. The lowest BCUT2D eigenvalue weighted by atomic mass is 9.61. The minimum Gasteiger partial charge on any atom is -0.384 e. The summed E-state index contributed by atoms with van der Waals surface area (Å²) < 4.78 is 40.0. The first kappa shape index (κ1) is 28.9. The number of benzene rings is 2. The van der Waals surface area contributed by atoms with Gasteiger partial charge in [-0.25, -0.2) is 0 Å². The zero-order chi connectivity index (χ0) is 30.9. The lowest BCUT2D eigenvalue weighted by molar-refractivity contribution is -0.137. The van der Waals surface area contributed by atoms with Gasteiger partial charge in [-0.05, 0) is 29.5 Å². The van der Waals surface area contributed by atoms with Crippen LogP contribution in [0, 0.1) is 16.7 Å². The highest BCUT2D eigenvalue weighted by molar-refractivity contribution is 8.00. The Morgan fingerprint density at radius 2 is 1.86 bits per heavy atom. The van der Waals surface area contributed by atoms with Crippen molar-refractivity contribution >= 4 is 45.6 Å². The number of allylic oxidation sites excluding steroid dienone is 1. The van der Waals surface area contributed by atoms with E-state index in [9.17, 15) is 28.0 Å². The van der Waals surface area contributed by atoms with Crippen molar-refractivity contribution in [2.75, 3.05) is 16.8 Å². The number of nitrogens with zero attached hydrogens (tertiary/aromatic N) is 5. The zero-order valence-corrected chi connectivity index (χ0v) is 25.0. The maximum atomic E-state index is 14.1. The number of likely N-dealkylation sites (N-methyl/N-ethyl adjacent to an activating group) is 1. The number of ketones is 1. The van der Waals surface area contributed by atoms with E-state index in [1.165, 1.54) is 22.7 Å². The Labute approximate surface area is 253 Å². The maximum Gasteiger partial charge on any atom is 0.416 e. The van der Waals surface area contributed by atoms with E-state index in [2.05, 4.69) is 16.3 Å². The Kier molecular flexibility index (Phi) is 6.70. The molecule has 2 aliphatic heterocycles. The average molecular weight is 623 g/mol. The molecule has 0 radical (unpaired) electrons. The summed E-state index contributed by atoms with van der Waals surface area (Å²) in [6.07, 6.45) is -3.90. The number of rotatable bonds is 4. The summed E-state index contributed by atoms with van der Waals surface area (Å²) in [5, 5.41) is 19.4. The van der Waals surface area contributed by atoms with Crippen molar-refractivity contribution in [3.63, 3.8) is 0 Å². The number of nitriles is 1. The van der Waals surface area contributed by atoms with Crippen LogP contribution >= 0.6 is 23.1 Å². The van der Waals surface area contributed by atoms with Crippen molar-refractivity contribution in [2.45, 2.75) is 48.4 Å². The third-order valence-corrected chi connectivity index (χ3v) is 10.1. The Morgan fingerprint density at radius 1 is 1.12 bits per heavy atom. The first-order chi connectivity index (χ1) is 20.3.